The van der Waals surface area contributed by atoms with Crippen LogP contribution in [0.5, 0.6) is 0 Å². The summed E-state index contributed by atoms with van der Waals surface area (Å²) < 4.78 is 19.1. The molecule has 1 amide bonds. The van der Waals surface area contributed by atoms with Crippen molar-refractivity contribution in [3.63, 3.8) is 0 Å². The van der Waals surface area contributed by atoms with Crippen molar-refractivity contribution in [3.05, 3.63) is 29.0 Å². The first-order valence-electron chi connectivity index (χ1n) is 9.99. The first-order chi connectivity index (χ1) is 13.9. The van der Waals surface area contributed by atoms with Gasteiger partial charge in [0.1, 0.15) is 12.4 Å². The van der Waals surface area contributed by atoms with E-state index >= 15 is 0 Å². The van der Waals surface area contributed by atoms with Crippen molar-refractivity contribution in [2.45, 2.75) is 31.4 Å². The maximum Gasteiger partial charge on any atom is 0.243 e. The number of likely N-dealkylation sites (N-methyl/N-ethyl adjacent to an activating group) is 1. The van der Waals surface area contributed by atoms with E-state index < -0.39 is 5.82 Å². The fraction of sp³-hybridized carbons (Fsp3) is 0.600. The molecule has 2 unspecified atom stereocenters. The van der Waals surface area contributed by atoms with E-state index in [1.807, 2.05) is 0 Å². The fourth-order valence-electron chi connectivity index (χ4n) is 3.44. The van der Waals surface area contributed by atoms with Gasteiger partial charge in [0.2, 0.25) is 5.91 Å². The monoisotopic (exact) mass is 425 g/mol. The van der Waals surface area contributed by atoms with Crippen LogP contribution in [-0.4, -0.2) is 75.8 Å². The lowest BCUT2D eigenvalue weighted by atomic mass is 10.2. The summed E-state index contributed by atoms with van der Waals surface area (Å²) in [5.41, 5.74) is 0.897. The third-order valence-electron chi connectivity index (χ3n) is 5.19. The molecular formula is C20H29ClFN5O2. The van der Waals surface area contributed by atoms with Crippen molar-refractivity contribution < 1.29 is 13.9 Å². The van der Waals surface area contributed by atoms with Crippen LogP contribution in [-0.2, 0) is 9.53 Å². The summed E-state index contributed by atoms with van der Waals surface area (Å²) in [6.45, 7) is 3.10. The molecule has 160 valence electrons. The van der Waals surface area contributed by atoms with Gasteiger partial charge in [-0.1, -0.05) is 11.6 Å². The largest absolute Gasteiger partial charge is 0.376 e. The molecule has 3 rings (SSSR count). The number of guanidine groups is 1. The number of anilines is 1. The molecule has 2 atom stereocenters. The van der Waals surface area contributed by atoms with Crippen molar-refractivity contribution in [1.82, 2.24) is 15.5 Å². The van der Waals surface area contributed by atoms with Crippen LogP contribution >= 0.6 is 11.6 Å². The number of nitrogens with one attached hydrogen (secondary N) is 2. The standard InChI is InChI=1S/C20H29ClFN5O2/c1-26(2)19(28)12-24-20(23-11-16-4-3-9-29-16)25-14-7-8-27(13-14)15-5-6-18(22)17(21)10-15/h5-6,10,14,16H,3-4,7-9,11-13H2,1-2H3,(H2,23,24,25). The summed E-state index contributed by atoms with van der Waals surface area (Å²) in [4.78, 5) is 20.1. The summed E-state index contributed by atoms with van der Waals surface area (Å²) in [5.74, 6) is 0.138. The number of hydrogen-bond donors (Lipinski definition) is 2. The fourth-order valence-corrected chi connectivity index (χ4v) is 3.62. The van der Waals surface area contributed by atoms with Gasteiger partial charge >= 0.3 is 0 Å². The highest BCUT2D eigenvalue weighted by atomic mass is 35.5. The first kappa shape index (κ1) is 21.6. The number of hydrogen-bond acceptors (Lipinski definition) is 4. The highest BCUT2D eigenvalue weighted by Gasteiger charge is 2.25. The molecule has 1 aromatic rings. The Balaban J connectivity index is 1.59. The van der Waals surface area contributed by atoms with Crippen molar-refractivity contribution in [1.29, 1.82) is 0 Å². The van der Waals surface area contributed by atoms with E-state index in [0.29, 0.717) is 12.5 Å². The van der Waals surface area contributed by atoms with Gasteiger partial charge in [0.15, 0.2) is 5.96 Å². The summed E-state index contributed by atoms with van der Waals surface area (Å²) in [6, 6.07) is 4.94. The second-order valence-corrected chi connectivity index (χ2v) is 8.05. The first-order valence-corrected chi connectivity index (χ1v) is 10.4. The molecule has 9 heteroatoms. The number of halogens is 2. The lowest BCUT2D eigenvalue weighted by Crippen LogP contribution is -2.47. The third kappa shape index (κ3) is 6.21. The van der Waals surface area contributed by atoms with Crippen LogP contribution in [0.15, 0.2) is 23.2 Å². The Morgan fingerprint density at radius 3 is 2.93 bits per heavy atom. The van der Waals surface area contributed by atoms with Gasteiger partial charge in [-0.15, -0.1) is 0 Å². The Morgan fingerprint density at radius 1 is 1.41 bits per heavy atom. The van der Waals surface area contributed by atoms with Crippen LogP contribution in [0, 0.1) is 5.82 Å². The van der Waals surface area contributed by atoms with Gasteiger partial charge in [0, 0.05) is 52.1 Å². The van der Waals surface area contributed by atoms with E-state index in [9.17, 15) is 9.18 Å². The molecule has 0 bridgehead atoms. The summed E-state index contributed by atoms with van der Waals surface area (Å²) >= 11 is 5.92. The quantitative estimate of drug-likeness (QED) is 0.538. The molecule has 2 aliphatic rings. The predicted octanol–water partition coefficient (Wildman–Crippen LogP) is 1.86. The lowest BCUT2D eigenvalue weighted by Gasteiger charge is -2.21. The number of ether oxygens (including phenoxy) is 1. The molecule has 2 aliphatic heterocycles. The molecule has 2 saturated heterocycles. The Labute approximate surface area is 176 Å². The normalized spacial score (nSPS) is 22.1. The molecule has 1 aromatic carbocycles. The minimum Gasteiger partial charge on any atom is -0.376 e. The SMILES string of the molecule is CN(C)C(=O)CN=C(NCC1CCCO1)NC1CCN(c2ccc(F)c(Cl)c2)C1. The Bertz CT molecular complexity index is 740. The van der Waals surface area contributed by atoms with Crippen molar-refractivity contribution in [3.8, 4) is 0 Å². The van der Waals surface area contributed by atoms with E-state index in [2.05, 4.69) is 20.5 Å². The van der Waals surface area contributed by atoms with Crippen LogP contribution in [0.3, 0.4) is 0 Å². The van der Waals surface area contributed by atoms with Gasteiger partial charge < -0.3 is 25.2 Å². The lowest BCUT2D eigenvalue weighted by molar-refractivity contribution is -0.127. The molecule has 2 N–H and O–H groups in total. The number of benzene rings is 1. The van der Waals surface area contributed by atoms with Crippen LogP contribution in [0.4, 0.5) is 10.1 Å². The van der Waals surface area contributed by atoms with Crippen molar-refractivity contribution in [2.75, 3.05) is 51.8 Å². The van der Waals surface area contributed by atoms with Crippen LogP contribution < -0.4 is 15.5 Å². The zero-order valence-electron chi connectivity index (χ0n) is 17.0. The smallest absolute Gasteiger partial charge is 0.243 e. The molecule has 0 spiro atoms. The molecule has 29 heavy (non-hydrogen) atoms. The zero-order valence-corrected chi connectivity index (χ0v) is 17.7. The highest BCUT2D eigenvalue weighted by molar-refractivity contribution is 6.31. The average molecular weight is 426 g/mol. The number of carbonyl (C=O) groups is 1. The minimum absolute atomic E-state index is 0.0581. The van der Waals surface area contributed by atoms with Crippen LogP contribution in [0.25, 0.3) is 0 Å². The number of aliphatic imine (C=N–C) groups is 1. The van der Waals surface area contributed by atoms with Gasteiger partial charge in [-0.2, -0.15) is 0 Å². The third-order valence-corrected chi connectivity index (χ3v) is 5.48. The Hall–Kier alpha value is -2.06. The summed E-state index contributed by atoms with van der Waals surface area (Å²) in [5, 5.41) is 6.86. The number of amides is 1. The highest BCUT2D eigenvalue weighted by Crippen LogP contribution is 2.25. The second-order valence-electron chi connectivity index (χ2n) is 7.64. The van der Waals surface area contributed by atoms with Gasteiger partial charge in [0.25, 0.3) is 0 Å². The summed E-state index contributed by atoms with van der Waals surface area (Å²) in [6.07, 6.45) is 3.17. The van der Waals surface area contributed by atoms with Crippen molar-refractivity contribution in [2.24, 2.45) is 4.99 Å². The van der Waals surface area contributed by atoms with E-state index in [4.69, 9.17) is 16.3 Å². The molecule has 0 saturated carbocycles. The van der Waals surface area contributed by atoms with E-state index in [0.717, 1.165) is 44.6 Å². The number of rotatable bonds is 6. The number of carbonyl (C=O) groups excluding carboxylic acids is 1. The van der Waals surface area contributed by atoms with Crippen LogP contribution in [0.1, 0.15) is 19.3 Å². The van der Waals surface area contributed by atoms with Gasteiger partial charge in [-0.05, 0) is 37.5 Å². The molecule has 2 fully saturated rings. The van der Waals surface area contributed by atoms with Crippen molar-refractivity contribution >= 4 is 29.2 Å². The zero-order chi connectivity index (χ0) is 20.8. The minimum atomic E-state index is -0.414. The van der Waals surface area contributed by atoms with Gasteiger partial charge in [-0.3, -0.25) is 4.79 Å². The molecule has 0 aromatic heterocycles. The number of nitrogens with zero attached hydrogens (tertiary/aromatic N) is 3. The van der Waals surface area contributed by atoms with E-state index in [1.54, 1.807) is 26.2 Å². The maximum atomic E-state index is 13.4. The Morgan fingerprint density at radius 2 is 2.24 bits per heavy atom. The predicted molar refractivity (Wildman–Crippen MR) is 113 cm³/mol. The average Bonchev–Trinajstić information content (AvgIpc) is 3.37. The molecule has 2 heterocycles. The molecule has 7 nitrogen and oxygen atoms in total. The van der Waals surface area contributed by atoms with Gasteiger partial charge in [-0.25, -0.2) is 9.38 Å². The molecule has 0 aliphatic carbocycles. The van der Waals surface area contributed by atoms with E-state index in [-0.39, 0.29) is 29.6 Å². The topological polar surface area (TPSA) is 69.2 Å². The van der Waals surface area contributed by atoms with Crippen LogP contribution in [0.2, 0.25) is 5.02 Å². The summed E-state index contributed by atoms with van der Waals surface area (Å²) in [7, 11) is 3.43. The van der Waals surface area contributed by atoms with Gasteiger partial charge in [0.05, 0.1) is 11.1 Å². The molecule has 0 radical (unpaired) electrons. The second kappa shape index (κ2) is 10.1. The Kier molecular flexibility index (Phi) is 7.55. The van der Waals surface area contributed by atoms with E-state index in [1.165, 1.54) is 11.0 Å². The maximum absolute atomic E-state index is 13.4. The molecular weight excluding hydrogens is 397 g/mol.